The molecule has 0 saturated heterocycles. The maximum absolute atomic E-state index is 12.4. The highest BCUT2D eigenvalue weighted by molar-refractivity contribution is 8.00. The van der Waals surface area contributed by atoms with Crippen LogP contribution in [0.2, 0.25) is 0 Å². The zero-order valence-electron chi connectivity index (χ0n) is 11.2. The summed E-state index contributed by atoms with van der Waals surface area (Å²) in [5.41, 5.74) is 0. The molecule has 5 heteroatoms. The van der Waals surface area contributed by atoms with Gasteiger partial charge in [-0.15, -0.1) is 4.89 Å². The normalized spacial score (nSPS) is 13.8. The minimum Gasteiger partial charge on any atom is -0.304 e. The molecule has 0 aliphatic rings. The Morgan fingerprint density at radius 3 is 2.53 bits per heavy atom. The van der Waals surface area contributed by atoms with Crippen molar-refractivity contribution in [3.63, 3.8) is 0 Å². The molecule has 1 rings (SSSR count). The predicted octanol–water partition coefficient (Wildman–Crippen LogP) is 2.57. The Morgan fingerprint density at radius 2 is 1.95 bits per heavy atom. The van der Waals surface area contributed by atoms with Gasteiger partial charge in [-0.05, 0) is 18.6 Å². The van der Waals surface area contributed by atoms with Gasteiger partial charge < -0.3 is 5.21 Å². The molecule has 0 aromatic heterocycles. The first-order valence-corrected chi connectivity index (χ1v) is 8.12. The lowest BCUT2D eigenvalue weighted by molar-refractivity contribution is -0.112. The third-order valence-electron chi connectivity index (χ3n) is 2.80. The minimum absolute atomic E-state index is 0.202. The van der Waals surface area contributed by atoms with Crippen molar-refractivity contribution in [3.8, 4) is 0 Å². The Hall–Kier alpha value is -1.17. The standard InChI is InChI=1S/C14H21NO3S/c1-2-3-4-6-9-13(16)12-19(18,15-17)14-10-7-5-8-11-14/h5,7-8,10-12,17H,2-4,6,9H2,1H3,(H,15,18). The highest BCUT2D eigenvalue weighted by atomic mass is 32.2. The van der Waals surface area contributed by atoms with Crippen molar-refractivity contribution in [2.75, 3.05) is 0 Å². The highest BCUT2D eigenvalue weighted by Crippen LogP contribution is 2.09. The molecule has 0 aliphatic heterocycles. The lowest BCUT2D eigenvalue weighted by Crippen LogP contribution is -2.24. The van der Waals surface area contributed by atoms with Gasteiger partial charge in [-0.3, -0.25) is 4.79 Å². The Bertz CT molecular complexity index is 505. The Balaban J connectivity index is 2.76. The smallest absolute Gasteiger partial charge is 0.165 e. The van der Waals surface area contributed by atoms with Crippen LogP contribution in [-0.2, 0) is 14.5 Å². The maximum atomic E-state index is 12.4. The van der Waals surface area contributed by atoms with E-state index in [0.717, 1.165) is 31.1 Å². The molecule has 1 aromatic rings. The predicted molar refractivity (Wildman–Crippen MR) is 77.6 cm³/mol. The van der Waals surface area contributed by atoms with Crippen molar-refractivity contribution in [2.24, 2.45) is 0 Å². The second kappa shape index (κ2) is 8.09. The van der Waals surface area contributed by atoms with Gasteiger partial charge in [0, 0.05) is 11.3 Å². The quantitative estimate of drug-likeness (QED) is 0.438. The molecule has 0 heterocycles. The molecule has 2 N–H and O–H groups in total. The van der Waals surface area contributed by atoms with Crippen molar-refractivity contribution >= 4 is 20.9 Å². The van der Waals surface area contributed by atoms with E-state index in [-0.39, 0.29) is 5.78 Å². The van der Waals surface area contributed by atoms with Crippen molar-refractivity contribution < 1.29 is 14.2 Å². The van der Waals surface area contributed by atoms with E-state index < -0.39 is 9.71 Å². The van der Waals surface area contributed by atoms with Gasteiger partial charge in [0.05, 0.1) is 15.1 Å². The number of Topliss-reactive ketones (excluding diaryl/α,β-unsaturated/α-hetero) is 1. The molecule has 0 amide bonds. The van der Waals surface area contributed by atoms with Crippen LogP contribution in [0.15, 0.2) is 35.2 Å². The number of ketones is 1. The lowest BCUT2D eigenvalue weighted by Gasteiger charge is -2.08. The largest absolute Gasteiger partial charge is 0.304 e. The summed E-state index contributed by atoms with van der Waals surface area (Å²) in [5, 5.41) is 10.2. The monoisotopic (exact) mass is 283 g/mol. The number of carbonyl (C=O) groups excluding carboxylic acids is 1. The fourth-order valence-corrected chi connectivity index (χ4v) is 3.08. The Kier molecular flexibility index (Phi) is 6.77. The molecule has 106 valence electrons. The van der Waals surface area contributed by atoms with E-state index in [0.29, 0.717) is 11.3 Å². The summed E-state index contributed by atoms with van der Waals surface area (Å²) in [4.78, 5) is 13.9. The first-order valence-electron chi connectivity index (χ1n) is 6.50. The van der Waals surface area contributed by atoms with Crippen LogP contribution >= 0.6 is 0 Å². The molecule has 0 spiro atoms. The number of nitrogens with one attached hydrogen (secondary N) is 1. The SMILES string of the molecule is CCCCCCC(=O)C=S(=O)(NO)c1ccccc1. The average molecular weight is 283 g/mol. The number of rotatable bonds is 8. The molecule has 0 saturated carbocycles. The van der Waals surface area contributed by atoms with Gasteiger partial charge in [-0.25, -0.2) is 4.21 Å². The van der Waals surface area contributed by atoms with Gasteiger partial charge in [-0.1, -0.05) is 44.4 Å². The van der Waals surface area contributed by atoms with E-state index >= 15 is 0 Å². The highest BCUT2D eigenvalue weighted by Gasteiger charge is 2.11. The zero-order chi connectivity index (χ0) is 14.1. The van der Waals surface area contributed by atoms with Crippen LogP contribution in [-0.4, -0.2) is 20.6 Å². The number of carbonyl (C=O) groups is 1. The first kappa shape index (κ1) is 15.9. The fourth-order valence-electron chi connectivity index (χ4n) is 1.74. The van der Waals surface area contributed by atoms with Crippen LogP contribution in [0.3, 0.4) is 0 Å². The van der Waals surface area contributed by atoms with Gasteiger partial charge in [-0.2, -0.15) is 0 Å². The van der Waals surface area contributed by atoms with Crippen molar-refractivity contribution in [2.45, 2.75) is 43.9 Å². The molecule has 1 atom stereocenters. The summed E-state index contributed by atoms with van der Waals surface area (Å²) in [7, 11) is -3.02. The van der Waals surface area contributed by atoms with E-state index in [9.17, 15) is 9.00 Å². The maximum Gasteiger partial charge on any atom is 0.165 e. The molecule has 0 radical (unpaired) electrons. The molecule has 4 nitrogen and oxygen atoms in total. The summed E-state index contributed by atoms with van der Waals surface area (Å²) >= 11 is 0. The summed E-state index contributed by atoms with van der Waals surface area (Å²) in [5.74, 6) is -0.202. The lowest BCUT2D eigenvalue weighted by atomic mass is 10.1. The summed E-state index contributed by atoms with van der Waals surface area (Å²) < 4.78 is 12.4. The first-order chi connectivity index (χ1) is 9.12. The number of benzene rings is 1. The van der Waals surface area contributed by atoms with Gasteiger partial charge in [0.1, 0.15) is 0 Å². The molecular formula is C14H21NO3S. The number of unbranched alkanes of at least 4 members (excludes halogenated alkanes) is 3. The zero-order valence-corrected chi connectivity index (χ0v) is 12.0. The summed E-state index contributed by atoms with van der Waals surface area (Å²) in [6.45, 7) is 2.10. The summed E-state index contributed by atoms with van der Waals surface area (Å²) in [6.07, 6.45) is 4.36. The van der Waals surface area contributed by atoms with Crippen LogP contribution in [0.5, 0.6) is 0 Å². The second-order valence-corrected chi connectivity index (χ2v) is 6.49. The second-order valence-electron chi connectivity index (χ2n) is 4.40. The van der Waals surface area contributed by atoms with E-state index in [4.69, 9.17) is 5.21 Å². The molecule has 1 unspecified atom stereocenters. The van der Waals surface area contributed by atoms with E-state index in [1.807, 2.05) is 0 Å². The Labute approximate surface area is 114 Å². The number of hydrogen-bond acceptors (Lipinski definition) is 3. The van der Waals surface area contributed by atoms with E-state index in [1.165, 1.54) is 0 Å². The fraction of sp³-hybridized carbons (Fsp3) is 0.429. The third-order valence-corrected chi connectivity index (χ3v) is 4.64. The van der Waals surface area contributed by atoms with Crippen LogP contribution in [0.4, 0.5) is 0 Å². The van der Waals surface area contributed by atoms with Crippen LogP contribution in [0, 0.1) is 0 Å². The van der Waals surface area contributed by atoms with Gasteiger partial charge in [0.25, 0.3) is 0 Å². The van der Waals surface area contributed by atoms with Crippen LogP contribution in [0.25, 0.3) is 0 Å². The molecule has 0 bridgehead atoms. The van der Waals surface area contributed by atoms with Crippen molar-refractivity contribution in [3.05, 3.63) is 30.3 Å². The van der Waals surface area contributed by atoms with E-state index in [2.05, 4.69) is 6.92 Å². The van der Waals surface area contributed by atoms with Crippen LogP contribution in [0.1, 0.15) is 39.0 Å². The van der Waals surface area contributed by atoms with Gasteiger partial charge >= 0.3 is 0 Å². The number of hydrogen-bond donors (Lipinski definition) is 2. The van der Waals surface area contributed by atoms with Gasteiger partial charge in [0.2, 0.25) is 0 Å². The van der Waals surface area contributed by atoms with Gasteiger partial charge in [0.15, 0.2) is 5.78 Å². The topological polar surface area (TPSA) is 66.4 Å². The third kappa shape index (κ3) is 5.14. The van der Waals surface area contributed by atoms with Crippen molar-refractivity contribution in [1.82, 2.24) is 4.89 Å². The van der Waals surface area contributed by atoms with Crippen molar-refractivity contribution in [1.29, 1.82) is 0 Å². The minimum atomic E-state index is -3.02. The molecule has 1 aromatic carbocycles. The Morgan fingerprint density at radius 1 is 1.26 bits per heavy atom. The average Bonchev–Trinajstić information content (AvgIpc) is 2.44. The summed E-state index contributed by atoms with van der Waals surface area (Å²) in [6, 6.07) is 8.45. The molecule has 0 aliphatic carbocycles. The molecular weight excluding hydrogens is 262 g/mol. The molecule has 0 fully saturated rings. The molecule has 19 heavy (non-hydrogen) atoms. The van der Waals surface area contributed by atoms with E-state index in [1.54, 1.807) is 35.2 Å². The van der Waals surface area contributed by atoms with Crippen LogP contribution < -0.4 is 4.89 Å².